The molecule has 3 aliphatic rings. The van der Waals surface area contributed by atoms with Crippen molar-refractivity contribution in [1.29, 1.82) is 0 Å². The summed E-state index contributed by atoms with van der Waals surface area (Å²) in [6.45, 7) is 18.1. The van der Waals surface area contributed by atoms with Crippen molar-refractivity contribution in [1.82, 2.24) is 0 Å². The predicted molar refractivity (Wildman–Crippen MR) is 188 cm³/mol. The summed E-state index contributed by atoms with van der Waals surface area (Å²) in [7, 11) is 0. The SMILES string of the molecule is CCCCN1/C(=C/C=C2\CCCC(/C=C/C3=[N+](CCCC)c4ccc(C)cc4C3(C)C)=C2Cl)C(C)(C)c2cc(Cl)ccc21. The molecule has 0 atom stereocenters. The largest absolute Gasteiger partial charge is 0.344 e. The second-order valence-electron chi connectivity index (χ2n) is 13.6. The first-order valence-corrected chi connectivity index (χ1v) is 17.1. The number of unbranched alkanes of at least 4 members (excludes halogenated alkanes) is 2. The molecule has 2 heterocycles. The maximum Gasteiger partial charge on any atom is 0.209 e. The minimum atomic E-state index is -0.126. The molecule has 0 aromatic heterocycles. The zero-order valence-electron chi connectivity index (χ0n) is 27.3. The molecule has 0 unspecified atom stereocenters. The molecule has 0 N–H and O–H groups in total. The highest BCUT2D eigenvalue weighted by Crippen LogP contribution is 2.49. The van der Waals surface area contributed by atoms with E-state index in [1.807, 2.05) is 6.07 Å². The minimum absolute atomic E-state index is 0.0513. The molecule has 2 aromatic carbocycles. The van der Waals surface area contributed by atoms with Crippen molar-refractivity contribution in [3.63, 3.8) is 0 Å². The van der Waals surface area contributed by atoms with Crippen molar-refractivity contribution < 1.29 is 4.58 Å². The van der Waals surface area contributed by atoms with Crippen LogP contribution in [0.15, 0.2) is 82.6 Å². The fourth-order valence-electron chi connectivity index (χ4n) is 7.12. The van der Waals surface area contributed by atoms with Crippen molar-refractivity contribution in [2.45, 2.75) is 104 Å². The number of allylic oxidation sites excluding steroid dienone is 8. The number of nitrogens with zero attached hydrogens (tertiary/aromatic N) is 2. The van der Waals surface area contributed by atoms with Crippen LogP contribution in [0.25, 0.3) is 0 Å². The van der Waals surface area contributed by atoms with Gasteiger partial charge in [-0.3, -0.25) is 0 Å². The number of aryl methyl sites for hydroxylation is 1. The third-order valence-corrected chi connectivity index (χ3v) is 10.4. The number of rotatable bonds is 9. The van der Waals surface area contributed by atoms with Gasteiger partial charge in [0.25, 0.3) is 0 Å². The van der Waals surface area contributed by atoms with E-state index in [1.165, 1.54) is 63.5 Å². The lowest BCUT2D eigenvalue weighted by Crippen LogP contribution is -2.28. The third-order valence-electron chi connectivity index (χ3n) is 9.71. The Bertz CT molecular complexity index is 1550. The summed E-state index contributed by atoms with van der Waals surface area (Å²) in [6.07, 6.45) is 17.1. The van der Waals surface area contributed by atoms with Gasteiger partial charge < -0.3 is 4.90 Å². The molecule has 0 amide bonds. The Kier molecular flexibility index (Phi) is 9.50. The number of fused-ring (bicyclic) bond motifs is 2. The first-order valence-electron chi connectivity index (χ1n) is 16.3. The first kappa shape index (κ1) is 31.9. The zero-order chi connectivity index (χ0) is 30.9. The van der Waals surface area contributed by atoms with Crippen LogP contribution in [0.2, 0.25) is 5.02 Å². The van der Waals surface area contributed by atoms with Gasteiger partial charge in [0.05, 0.1) is 5.41 Å². The van der Waals surface area contributed by atoms with Gasteiger partial charge in [0.2, 0.25) is 5.69 Å². The van der Waals surface area contributed by atoms with Crippen molar-refractivity contribution in [2.24, 2.45) is 0 Å². The lowest BCUT2D eigenvalue weighted by Gasteiger charge is -2.27. The number of halogens is 2. The maximum absolute atomic E-state index is 7.20. The fraction of sp³-hybridized carbons (Fsp3) is 0.462. The summed E-state index contributed by atoms with van der Waals surface area (Å²) in [4.78, 5) is 2.50. The van der Waals surface area contributed by atoms with E-state index in [4.69, 9.17) is 23.2 Å². The van der Waals surface area contributed by atoms with Crippen molar-refractivity contribution in [3.8, 4) is 0 Å². The predicted octanol–water partition coefficient (Wildman–Crippen LogP) is 11.5. The number of anilines is 1. The molecule has 0 bridgehead atoms. The van der Waals surface area contributed by atoms with E-state index in [1.54, 1.807) is 0 Å². The summed E-state index contributed by atoms with van der Waals surface area (Å²) in [6, 6.07) is 13.3. The monoisotopic (exact) mass is 615 g/mol. The van der Waals surface area contributed by atoms with Crippen LogP contribution in [0.1, 0.15) is 103 Å². The van der Waals surface area contributed by atoms with Crippen LogP contribution in [0.4, 0.5) is 11.4 Å². The van der Waals surface area contributed by atoms with Gasteiger partial charge >= 0.3 is 0 Å². The molecule has 0 fully saturated rings. The Morgan fingerprint density at radius 2 is 1.63 bits per heavy atom. The van der Waals surface area contributed by atoms with Gasteiger partial charge in [-0.15, -0.1) is 0 Å². The molecule has 2 aliphatic heterocycles. The lowest BCUT2D eigenvalue weighted by atomic mass is 9.80. The van der Waals surface area contributed by atoms with Crippen molar-refractivity contribution >= 4 is 40.3 Å². The van der Waals surface area contributed by atoms with E-state index in [9.17, 15) is 0 Å². The van der Waals surface area contributed by atoms with Crippen LogP contribution in [-0.4, -0.2) is 23.4 Å². The van der Waals surface area contributed by atoms with Crippen LogP contribution in [-0.2, 0) is 10.8 Å². The van der Waals surface area contributed by atoms with E-state index in [2.05, 4.69) is 113 Å². The fourth-order valence-corrected chi connectivity index (χ4v) is 7.61. The van der Waals surface area contributed by atoms with Gasteiger partial charge in [-0.05, 0) is 93.5 Å². The molecule has 43 heavy (non-hydrogen) atoms. The van der Waals surface area contributed by atoms with Gasteiger partial charge in [0.1, 0.15) is 6.54 Å². The summed E-state index contributed by atoms with van der Waals surface area (Å²) in [5, 5.41) is 1.71. The zero-order valence-corrected chi connectivity index (χ0v) is 28.8. The van der Waals surface area contributed by atoms with Gasteiger partial charge in [0, 0.05) is 57.5 Å². The molecule has 228 valence electrons. The summed E-state index contributed by atoms with van der Waals surface area (Å²) < 4.78 is 2.55. The average Bonchev–Trinajstić information content (AvgIpc) is 3.31. The Morgan fingerprint density at radius 3 is 2.37 bits per heavy atom. The van der Waals surface area contributed by atoms with E-state index in [-0.39, 0.29) is 10.8 Å². The molecule has 0 radical (unpaired) electrons. The normalized spacial score (nSPS) is 21.1. The molecule has 0 saturated carbocycles. The Labute approximate surface area is 270 Å². The molecule has 2 aromatic rings. The van der Waals surface area contributed by atoms with Crippen molar-refractivity contribution in [2.75, 3.05) is 18.0 Å². The standard InChI is InChI=1S/C39H49Cl2N2/c1-8-10-23-42-33-19-15-27(3)25-31(33)38(4,5)35(42)21-16-28-13-12-14-29(37(28)41)17-22-36-39(6,7)32-26-30(40)18-20-34(32)43(36)24-11-9-2/h15-22,25-26H,8-14,23-24H2,1-7H3/q+1. The van der Waals surface area contributed by atoms with Gasteiger partial charge in [-0.25, -0.2) is 0 Å². The topological polar surface area (TPSA) is 6.25 Å². The molecule has 1 aliphatic carbocycles. The Balaban J connectivity index is 1.50. The maximum atomic E-state index is 7.20. The number of hydrogen-bond acceptors (Lipinski definition) is 1. The van der Waals surface area contributed by atoms with Crippen molar-refractivity contribution in [3.05, 3.63) is 104 Å². The molecular weight excluding hydrogens is 567 g/mol. The molecule has 4 heteroatoms. The van der Waals surface area contributed by atoms with Crippen LogP contribution in [0.3, 0.4) is 0 Å². The highest BCUT2D eigenvalue weighted by atomic mass is 35.5. The van der Waals surface area contributed by atoms with E-state index >= 15 is 0 Å². The smallest absolute Gasteiger partial charge is 0.209 e. The second-order valence-corrected chi connectivity index (χ2v) is 14.4. The molecular formula is C39H49Cl2N2+. The third kappa shape index (κ3) is 6.07. The van der Waals surface area contributed by atoms with Crippen LogP contribution in [0, 0.1) is 6.92 Å². The quantitative estimate of drug-likeness (QED) is 0.254. The second kappa shape index (κ2) is 12.8. The Hall–Kier alpha value is -2.55. The Morgan fingerprint density at radius 1 is 0.860 bits per heavy atom. The molecule has 2 nitrogen and oxygen atoms in total. The van der Waals surface area contributed by atoms with Gasteiger partial charge in [-0.1, -0.05) is 87.5 Å². The number of benzene rings is 2. The summed E-state index contributed by atoms with van der Waals surface area (Å²) >= 11 is 13.7. The average molecular weight is 617 g/mol. The summed E-state index contributed by atoms with van der Waals surface area (Å²) in [5.74, 6) is 0. The first-order chi connectivity index (χ1) is 20.5. The molecule has 5 rings (SSSR count). The van der Waals surface area contributed by atoms with Crippen LogP contribution < -0.4 is 4.90 Å². The highest BCUT2D eigenvalue weighted by Gasteiger charge is 2.44. The summed E-state index contributed by atoms with van der Waals surface area (Å²) in [5.41, 5.74) is 11.7. The molecule has 0 saturated heterocycles. The van der Waals surface area contributed by atoms with Gasteiger partial charge in [0.15, 0.2) is 5.71 Å². The van der Waals surface area contributed by atoms with E-state index in [0.717, 1.165) is 55.2 Å². The van der Waals surface area contributed by atoms with Gasteiger partial charge in [-0.2, -0.15) is 4.58 Å². The van der Waals surface area contributed by atoms with Crippen LogP contribution in [0.5, 0.6) is 0 Å². The van der Waals surface area contributed by atoms with E-state index < -0.39 is 0 Å². The minimum Gasteiger partial charge on any atom is -0.344 e. The number of hydrogen-bond donors (Lipinski definition) is 0. The van der Waals surface area contributed by atoms with E-state index in [0.29, 0.717) is 0 Å². The molecule has 0 spiro atoms. The highest BCUT2D eigenvalue weighted by molar-refractivity contribution is 6.32. The van der Waals surface area contributed by atoms with Crippen LogP contribution >= 0.6 is 23.2 Å². The lowest BCUT2D eigenvalue weighted by molar-refractivity contribution is -0.438.